The van der Waals surface area contributed by atoms with Crippen LogP contribution in [-0.4, -0.2) is 24.4 Å². The Morgan fingerprint density at radius 2 is 1.45 bits per heavy atom. The summed E-state index contributed by atoms with van der Waals surface area (Å²) >= 11 is 1.51. The molecule has 1 heterocycles. The minimum atomic E-state index is 0.452. The SMILES string of the molecule is COc1ccc(-c2nnc(SCc3ccc(-c4ccccc4)cc3)o2)cc1OC. The molecule has 0 radical (unpaired) electrons. The molecule has 0 aliphatic heterocycles. The van der Waals surface area contributed by atoms with E-state index in [2.05, 4.69) is 46.6 Å². The second-order valence-electron chi connectivity index (χ2n) is 6.29. The van der Waals surface area contributed by atoms with Crippen molar-refractivity contribution in [1.29, 1.82) is 0 Å². The van der Waals surface area contributed by atoms with Gasteiger partial charge >= 0.3 is 0 Å². The van der Waals surface area contributed by atoms with Gasteiger partial charge in [0.25, 0.3) is 5.22 Å². The van der Waals surface area contributed by atoms with Crippen molar-refractivity contribution in [3.63, 3.8) is 0 Å². The predicted molar refractivity (Wildman–Crippen MR) is 114 cm³/mol. The van der Waals surface area contributed by atoms with E-state index in [1.54, 1.807) is 14.2 Å². The van der Waals surface area contributed by atoms with Crippen LogP contribution in [0.5, 0.6) is 11.5 Å². The van der Waals surface area contributed by atoms with Crippen LogP contribution in [0.4, 0.5) is 0 Å². The van der Waals surface area contributed by atoms with Crippen LogP contribution < -0.4 is 9.47 Å². The molecule has 4 aromatic rings. The third-order valence-electron chi connectivity index (χ3n) is 4.46. The lowest BCUT2D eigenvalue weighted by Gasteiger charge is -2.07. The molecule has 0 fully saturated rings. The molecule has 6 heteroatoms. The topological polar surface area (TPSA) is 57.4 Å². The molecule has 146 valence electrons. The van der Waals surface area contributed by atoms with E-state index in [1.165, 1.54) is 28.5 Å². The van der Waals surface area contributed by atoms with Gasteiger partial charge in [-0.15, -0.1) is 10.2 Å². The van der Waals surface area contributed by atoms with Crippen LogP contribution in [0.25, 0.3) is 22.6 Å². The number of rotatable bonds is 7. The molecule has 4 rings (SSSR count). The molecule has 0 aliphatic carbocycles. The summed E-state index contributed by atoms with van der Waals surface area (Å²) < 4.78 is 16.4. The molecule has 0 N–H and O–H groups in total. The first-order valence-corrected chi connectivity index (χ1v) is 10.1. The standard InChI is InChI=1S/C23H20N2O3S/c1-26-20-13-12-19(14-21(20)27-2)22-24-25-23(28-22)29-15-16-8-10-18(11-9-16)17-6-4-3-5-7-17/h3-14H,15H2,1-2H3. The number of benzene rings is 3. The average Bonchev–Trinajstić information content (AvgIpc) is 3.27. The monoisotopic (exact) mass is 404 g/mol. The van der Waals surface area contributed by atoms with Crippen molar-refractivity contribution in [2.24, 2.45) is 0 Å². The largest absolute Gasteiger partial charge is 0.493 e. The van der Waals surface area contributed by atoms with Crippen LogP contribution in [0.3, 0.4) is 0 Å². The molecular formula is C23H20N2O3S. The van der Waals surface area contributed by atoms with E-state index in [4.69, 9.17) is 13.9 Å². The molecule has 0 atom stereocenters. The van der Waals surface area contributed by atoms with Crippen LogP contribution in [-0.2, 0) is 5.75 Å². The van der Waals surface area contributed by atoms with Crippen LogP contribution in [0.1, 0.15) is 5.56 Å². The van der Waals surface area contributed by atoms with E-state index in [-0.39, 0.29) is 0 Å². The molecule has 0 spiro atoms. The fraction of sp³-hybridized carbons (Fsp3) is 0.130. The first-order valence-electron chi connectivity index (χ1n) is 9.10. The average molecular weight is 404 g/mol. The molecule has 0 amide bonds. The zero-order valence-corrected chi connectivity index (χ0v) is 17.0. The molecular weight excluding hydrogens is 384 g/mol. The Labute approximate surface area is 173 Å². The highest BCUT2D eigenvalue weighted by Gasteiger charge is 2.12. The van der Waals surface area contributed by atoms with E-state index in [0.29, 0.717) is 22.6 Å². The highest BCUT2D eigenvalue weighted by Crippen LogP contribution is 2.33. The highest BCUT2D eigenvalue weighted by molar-refractivity contribution is 7.98. The lowest BCUT2D eigenvalue weighted by molar-refractivity contribution is 0.355. The molecule has 5 nitrogen and oxygen atoms in total. The number of thioether (sulfide) groups is 1. The number of nitrogens with zero attached hydrogens (tertiary/aromatic N) is 2. The maximum absolute atomic E-state index is 5.80. The number of hydrogen-bond acceptors (Lipinski definition) is 6. The van der Waals surface area contributed by atoms with E-state index in [0.717, 1.165) is 11.3 Å². The number of aromatic nitrogens is 2. The van der Waals surface area contributed by atoms with Crippen molar-refractivity contribution in [3.8, 4) is 34.1 Å². The van der Waals surface area contributed by atoms with Gasteiger partial charge in [-0.3, -0.25) is 0 Å². The first kappa shape index (κ1) is 19.1. The van der Waals surface area contributed by atoms with Crippen molar-refractivity contribution >= 4 is 11.8 Å². The van der Waals surface area contributed by atoms with Crippen molar-refractivity contribution in [3.05, 3.63) is 78.4 Å². The maximum atomic E-state index is 5.80. The molecule has 0 saturated heterocycles. The number of methoxy groups -OCH3 is 2. The first-order chi connectivity index (χ1) is 14.3. The Morgan fingerprint density at radius 3 is 2.17 bits per heavy atom. The summed E-state index contributed by atoms with van der Waals surface area (Å²) in [6.07, 6.45) is 0. The fourth-order valence-corrected chi connectivity index (χ4v) is 3.64. The summed E-state index contributed by atoms with van der Waals surface area (Å²) in [5, 5.41) is 8.82. The van der Waals surface area contributed by atoms with Gasteiger partial charge < -0.3 is 13.9 Å². The van der Waals surface area contributed by atoms with Gasteiger partial charge in [0, 0.05) is 11.3 Å². The maximum Gasteiger partial charge on any atom is 0.277 e. The molecule has 0 bridgehead atoms. The summed E-state index contributed by atoms with van der Waals surface area (Å²) in [6, 6.07) is 24.4. The Hall–Kier alpha value is -3.25. The smallest absolute Gasteiger partial charge is 0.277 e. The highest BCUT2D eigenvalue weighted by atomic mass is 32.2. The van der Waals surface area contributed by atoms with Crippen molar-refractivity contribution in [2.45, 2.75) is 11.0 Å². The summed E-state index contributed by atoms with van der Waals surface area (Å²) in [5.74, 6) is 2.48. The molecule has 0 saturated carbocycles. The number of ether oxygens (including phenoxy) is 2. The van der Waals surface area contributed by atoms with Gasteiger partial charge in [0.05, 0.1) is 14.2 Å². The predicted octanol–water partition coefficient (Wildman–Crippen LogP) is 5.71. The normalized spacial score (nSPS) is 10.7. The van der Waals surface area contributed by atoms with Gasteiger partial charge in [-0.1, -0.05) is 66.4 Å². The zero-order valence-electron chi connectivity index (χ0n) is 16.2. The molecule has 1 aromatic heterocycles. The van der Waals surface area contributed by atoms with Crippen molar-refractivity contribution < 1.29 is 13.9 Å². The lowest BCUT2D eigenvalue weighted by atomic mass is 10.0. The van der Waals surface area contributed by atoms with Gasteiger partial charge in [0.1, 0.15) is 0 Å². The van der Waals surface area contributed by atoms with Crippen molar-refractivity contribution in [1.82, 2.24) is 10.2 Å². The quantitative estimate of drug-likeness (QED) is 0.368. The van der Waals surface area contributed by atoms with E-state index >= 15 is 0 Å². The Kier molecular flexibility index (Phi) is 5.81. The number of hydrogen-bond donors (Lipinski definition) is 0. The minimum Gasteiger partial charge on any atom is -0.493 e. The lowest BCUT2D eigenvalue weighted by Crippen LogP contribution is -1.90. The third-order valence-corrected chi connectivity index (χ3v) is 5.35. The second kappa shape index (κ2) is 8.84. The summed E-state index contributed by atoms with van der Waals surface area (Å²) in [5.41, 5.74) is 4.39. The van der Waals surface area contributed by atoms with Gasteiger partial charge in [0.15, 0.2) is 11.5 Å². The van der Waals surface area contributed by atoms with Crippen LogP contribution >= 0.6 is 11.8 Å². The zero-order chi connectivity index (χ0) is 20.1. The van der Waals surface area contributed by atoms with Gasteiger partial charge in [0.2, 0.25) is 5.89 Å². The fourth-order valence-electron chi connectivity index (χ4n) is 2.92. The van der Waals surface area contributed by atoms with Crippen molar-refractivity contribution in [2.75, 3.05) is 14.2 Å². The van der Waals surface area contributed by atoms with Crippen LogP contribution in [0.15, 0.2) is 82.4 Å². The van der Waals surface area contributed by atoms with Gasteiger partial charge in [-0.05, 0) is 34.9 Å². The van der Waals surface area contributed by atoms with Crippen LogP contribution in [0, 0.1) is 0 Å². The summed E-state index contributed by atoms with van der Waals surface area (Å²) in [4.78, 5) is 0. The van der Waals surface area contributed by atoms with Crippen LogP contribution in [0.2, 0.25) is 0 Å². The summed E-state index contributed by atoms with van der Waals surface area (Å²) in [6.45, 7) is 0. The second-order valence-corrected chi connectivity index (χ2v) is 7.22. The Morgan fingerprint density at radius 1 is 0.759 bits per heavy atom. The van der Waals surface area contributed by atoms with E-state index < -0.39 is 0 Å². The molecule has 3 aromatic carbocycles. The Bertz CT molecular complexity index is 1080. The third kappa shape index (κ3) is 4.43. The minimum absolute atomic E-state index is 0.452. The molecule has 0 aliphatic rings. The van der Waals surface area contributed by atoms with E-state index in [9.17, 15) is 0 Å². The molecule has 0 unspecified atom stereocenters. The van der Waals surface area contributed by atoms with Gasteiger partial charge in [-0.2, -0.15) is 0 Å². The van der Waals surface area contributed by atoms with E-state index in [1.807, 2.05) is 36.4 Å². The van der Waals surface area contributed by atoms with Gasteiger partial charge in [-0.25, -0.2) is 0 Å². The summed E-state index contributed by atoms with van der Waals surface area (Å²) in [7, 11) is 3.20. The molecule has 29 heavy (non-hydrogen) atoms. The Balaban J connectivity index is 1.42.